The van der Waals surface area contributed by atoms with Crippen LogP contribution < -0.4 is 15.5 Å². The van der Waals surface area contributed by atoms with Crippen LogP contribution in [0.3, 0.4) is 0 Å². The number of nitrogens with zero attached hydrogens (tertiary/aromatic N) is 2. The van der Waals surface area contributed by atoms with Gasteiger partial charge in [-0.2, -0.15) is 0 Å². The molecule has 2 rings (SSSR count). The van der Waals surface area contributed by atoms with Gasteiger partial charge in [0.15, 0.2) is 0 Å². The van der Waals surface area contributed by atoms with Gasteiger partial charge < -0.3 is 20.6 Å². The highest BCUT2D eigenvalue weighted by atomic mass is 35.5. The Hall–Kier alpha value is -2.81. The van der Waals surface area contributed by atoms with E-state index in [-0.39, 0.29) is 35.6 Å². The summed E-state index contributed by atoms with van der Waals surface area (Å²) in [5, 5.41) is 14.7. The van der Waals surface area contributed by atoms with E-state index in [1.807, 2.05) is 0 Å². The molecule has 1 aromatic rings. The topological polar surface area (TPSA) is 119 Å². The van der Waals surface area contributed by atoms with E-state index >= 15 is 0 Å². The Balaban J connectivity index is 2.30. The van der Waals surface area contributed by atoms with Crippen molar-refractivity contribution in [1.29, 1.82) is 0 Å². The van der Waals surface area contributed by atoms with Crippen LogP contribution in [0.5, 0.6) is 0 Å². The molecule has 10 heteroatoms. The van der Waals surface area contributed by atoms with Gasteiger partial charge in [-0.15, -0.1) is 0 Å². The zero-order valence-electron chi connectivity index (χ0n) is 15.0. The summed E-state index contributed by atoms with van der Waals surface area (Å²) >= 11 is 6.16. The van der Waals surface area contributed by atoms with Crippen LogP contribution in [-0.2, 0) is 9.59 Å². The molecule has 1 aliphatic rings. The zero-order valence-corrected chi connectivity index (χ0v) is 15.7. The molecule has 9 nitrogen and oxygen atoms in total. The molecule has 0 spiro atoms. The van der Waals surface area contributed by atoms with Gasteiger partial charge in [-0.1, -0.05) is 11.6 Å². The van der Waals surface area contributed by atoms with Crippen molar-refractivity contribution in [2.24, 2.45) is 0 Å². The van der Waals surface area contributed by atoms with Crippen molar-refractivity contribution in [3.63, 3.8) is 0 Å². The fourth-order valence-corrected chi connectivity index (χ4v) is 2.87. The number of carbonyl (C=O) groups is 4. The minimum absolute atomic E-state index is 0.00334. The van der Waals surface area contributed by atoms with Gasteiger partial charge in [0.1, 0.15) is 6.04 Å². The molecule has 3 N–H and O–H groups in total. The minimum Gasteiger partial charge on any atom is -0.480 e. The van der Waals surface area contributed by atoms with Crippen molar-refractivity contribution in [1.82, 2.24) is 15.5 Å². The number of hydrogen-bond acceptors (Lipinski definition) is 4. The second-order valence-corrected chi connectivity index (χ2v) is 6.45. The number of aliphatic carboxylic acids is 1. The number of rotatable bonds is 7. The maximum atomic E-state index is 13.0. The molecule has 1 saturated heterocycles. The lowest BCUT2D eigenvalue weighted by molar-refractivity contribution is -0.141. The summed E-state index contributed by atoms with van der Waals surface area (Å²) < 4.78 is 0. The molecule has 1 heterocycles. The number of benzene rings is 1. The number of carboxylic acid groups (broad SMARTS) is 1. The molecule has 1 unspecified atom stereocenters. The molecular formula is C17H21ClN4O5. The first-order chi connectivity index (χ1) is 12.7. The highest BCUT2D eigenvalue weighted by molar-refractivity contribution is 6.34. The maximum absolute atomic E-state index is 13.0. The van der Waals surface area contributed by atoms with Gasteiger partial charge in [0.25, 0.3) is 5.91 Å². The number of amides is 4. The van der Waals surface area contributed by atoms with E-state index in [9.17, 15) is 24.3 Å². The van der Waals surface area contributed by atoms with E-state index < -0.39 is 17.9 Å². The molecule has 146 valence electrons. The number of urea groups is 1. The van der Waals surface area contributed by atoms with Crippen LogP contribution in [0.15, 0.2) is 18.2 Å². The first-order valence-electron chi connectivity index (χ1n) is 8.35. The molecule has 1 aromatic carbocycles. The standard InChI is InChI=1S/C17H21ClN4O5/c1-10(16(25)26)21(7-5-19-11(2)23)15(24)13-9-12(3-4-14(13)18)22-8-6-20-17(22)27/h3-4,9-10H,5-8H2,1-2H3,(H,19,23)(H,20,27)(H,25,26). The average molecular weight is 397 g/mol. The van der Waals surface area contributed by atoms with Crippen molar-refractivity contribution in [2.75, 3.05) is 31.1 Å². The molecule has 0 aliphatic carbocycles. The van der Waals surface area contributed by atoms with E-state index in [1.54, 1.807) is 6.07 Å². The summed E-state index contributed by atoms with van der Waals surface area (Å²) in [6.07, 6.45) is 0. The van der Waals surface area contributed by atoms with Crippen molar-refractivity contribution < 1.29 is 24.3 Å². The summed E-state index contributed by atoms with van der Waals surface area (Å²) in [6, 6.07) is 3.17. The Morgan fingerprint density at radius 2 is 2.11 bits per heavy atom. The smallest absolute Gasteiger partial charge is 0.326 e. The molecule has 1 atom stereocenters. The zero-order chi connectivity index (χ0) is 20.1. The first-order valence-corrected chi connectivity index (χ1v) is 8.73. The normalized spacial score (nSPS) is 14.5. The highest BCUT2D eigenvalue weighted by Gasteiger charge is 2.29. The number of anilines is 1. The summed E-state index contributed by atoms with van der Waals surface area (Å²) in [5.74, 6) is -2.07. The number of halogens is 1. The minimum atomic E-state index is -1.18. The summed E-state index contributed by atoms with van der Waals surface area (Å²) in [6.45, 7) is 3.74. The van der Waals surface area contributed by atoms with Crippen molar-refractivity contribution in [3.8, 4) is 0 Å². The van der Waals surface area contributed by atoms with Gasteiger partial charge in [-0.3, -0.25) is 14.5 Å². The van der Waals surface area contributed by atoms with Crippen molar-refractivity contribution in [3.05, 3.63) is 28.8 Å². The second kappa shape index (κ2) is 8.72. The van der Waals surface area contributed by atoms with Gasteiger partial charge in [0, 0.05) is 38.8 Å². The average Bonchev–Trinajstić information content (AvgIpc) is 3.04. The Kier molecular flexibility index (Phi) is 6.62. The lowest BCUT2D eigenvalue weighted by atomic mass is 10.1. The Bertz CT molecular complexity index is 770. The van der Waals surface area contributed by atoms with Crippen LogP contribution in [0.2, 0.25) is 5.02 Å². The Morgan fingerprint density at radius 1 is 1.41 bits per heavy atom. The fraction of sp³-hybridized carbons (Fsp3) is 0.412. The highest BCUT2D eigenvalue weighted by Crippen LogP contribution is 2.26. The SMILES string of the molecule is CC(=O)NCCN(C(=O)c1cc(N2CCNC2=O)ccc1Cl)C(C)C(=O)O. The molecule has 4 amide bonds. The van der Waals surface area contributed by atoms with Crippen LogP contribution in [0, 0.1) is 0 Å². The predicted octanol–water partition coefficient (Wildman–Crippen LogP) is 0.921. The Labute approximate surface area is 161 Å². The molecule has 1 aliphatic heterocycles. The summed E-state index contributed by atoms with van der Waals surface area (Å²) in [5.41, 5.74) is 0.576. The third kappa shape index (κ3) is 4.88. The third-order valence-corrected chi connectivity index (χ3v) is 4.49. The fourth-order valence-electron chi connectivity index (χ4n) is 2.67. The second-order valence-electron chi connectivity index (χ2n) is 6.04. The predicted molar refractivity (Wildman–Crippen MR) is 99.0 cm³/mol. The molecule has 0 radical (unpaired) electrons. The van der Waals surface area contributed by atoms with Crippen LogP contribution in [0.4, 0.5) is 10.5 Å². The largest absolute Gasteiger partial charge is 0.480 e. The van der Waals surface area contributed by atoms with Gasteiger partial charge in [0.05, 0.1) is 10.6 Å². The van der Waals surface area contributed by atoms with Gasteiger partial charge >= 0.3 is 12.0 Å². The lowest BCUT2D eigenvalue weighted by Gasteiger charge is -2.27. The van der Waals surface area contributed by atoms with Crippen LogP contribution >= 0.6 is 11.6 Å². The molecular weight excluding hydrogens is 376 g/mol. The maximum Gasteiger partial charge on any atom is 0.326 e. The van der Waals surface area contributed by atoms with Gasteiger partial charge in [-0.25, -0.2) is 9.59 Å². The lowest BCUT2D eigenvalue weighted by Crippen LogP contribution is -2.46. The van der Waals surface area contributed by atoms with E-state index in [2.05, 4.69) is 10.6 Å². The first kappa shape index (κ1) is 20.5. The molecule has 27 heavy (non-hydrogen) atoms. The van der Waals surface area contributed by atoms with E-state index in [1.165, 1.54) is 30.9 Å². The van der Waals surface area contributed by atoms with Crippen LogP contribution in [-0.4, -0.2) is 66.0 Å². The number of nitrogens with one attached hydrogen (secondary N) is 2. The summed E-state index contributed by atoms with van der Waals surface area (Å²) in [4.78, 5) is 49.9. The molecule has 0 bridgehead atoms. The van der Waals surface area contributed by atoms with E-state index in [4.69, 9.17) is 11.6 Å². The number of carbonyl (C=O) groups excluding carboxylic acids is 3. The van der Waals surface area contributed by atoms with E-state index in [0.29, 0.717) is 18.8 Å². The molecule has 0 saturated carbocycles. The summed E-state index contributed by atoms with van der Waals surface area (Å²) in [7, 11) is 0. The Morgan fingerprint density at radius 3 is 2.67 bits per heavy atom. The van der Waals surface area contributed by atoms with Crippen LogP contribution in [0.25, 0.3) is 0 Å². The quantitative estimate of drug-likeness (QED) is 0.633. The number of carboxylic acids is 1. The molecule has 1 fully saturated rings. The van der Waals surface area contributed by atoms with Crippen molar-refractivity contribution in [2.45, 2.75) is 19.9 Å². The third-order valence-electron chi connectivity index (χ3n) is 4.16. The van der Waals surface area contributed by atoms with Crippen LogP contribution in [0.1, 0.15) is 24.2 Å². The molecule has 0 aromatic heterocycles. The monoisotopic (exact) mass is 396 g/mol. The van der Waals surface area contributed by atoms with Crippen molar-refractivity contribution >= 4 is 41.1 Å². The van der Waals surface area contributed by atoms with Gasteiger partial charge in [0.2, 0.25) is 5.91 Å². The van der Waals surface area contributed by atoms with Gasteiger partial charge in [-0.05, 0) is 25.1 Å². The number of hydrogen-bond donors (Lipinski definition) is 3. The van der Waals surface area contributed by atoms with E-state index in [0.717, 1.165) is 4.90 Å².